The van der Waals surface area contributed by atoms with Gasteiger partial charge in [0.15, 0.2) is 0 Å². The molecule has 1 rings (SSSR count). The number of alkyl halides is 1. The third-order valence-electron chi connectivity index (χ3n) is 1.72. The summed E-state index contributed by atoms with van der Waals surface area (Å²) in [5, 5.41) is -0.0571. The van der Waals surface area contributed by atoms with Crippen LogP contribution >= 0.6 is 39.1 Å². The van der Waals surface area contributed by atoms with Gasteiger partial charge in [0.1, 0.15) is 5.38 Å². The van der Waals surface area contributed by atoms with E-state index >= 15 is 0 Å². The van der Waals surface area contributed by atoms with E-state index in [1.807, 2.05) is 6.07 Å². The summed E-state index contributed by atoms with van der Waals surface area (Å²) >= 11 is 14.8. The zero-order valence-corrected chi connectivity index (χ0v) is 10.2. The lowest BCUT2D eigenvalue weighted by molar-refractivity contribution is -0.117. The normalized spacial score (nSPS) is 12.5. The van der Waals surface area contributed by atoms with Gasteiger partial charge in [0, 0.05) is 9.50 Å². The monoisotopic (exact) mass is 295 g/mol. The van der Waals surface area contributed by atoms with Crippen molar-refractivity contribution in [3.63, 3.8) is 0 Å². The molecule has 0 saturated heterocycles. The van der Waals surface area contributed by atoms with Gasteiger partial charge in [-0.25, -0.2) is 0 Å². The standard InChI is InChI=1S/C9H8BrCl2NO/c10-7-4-6(11)2-1-5(7)3-8(12)9(13)14/h1-2,4,8H,3H2,(H2,13,14). The Bertz CT molecular complexity index is 357. The van der Waals surface area contributed by atoms with Crippen molar-refractivity contribution >= 4 is 45.0 Å². The van der Waals surface area contributed by atoms with E-state index < -0.39 is 11.3 Å². The summed E-state index contributed by atoms with van der Waals surface area (Å²) in [6.07, 6.45) is 0.397. The number of amides is 1. The van der Waals surface area contributed by atoms with Crippen molar-refractivity contribution < 1.29 is 4.79 Å². The van der Waals surface area contributed by atoms with Crippen LogP contribution in [0.1, 0.15) is 5.56 Å². The van der Waals surface area contributed by atoms with Crippen LogP contribution in [0.4, 0.5) is 0 Å². The first-order valence-electron chi connectivity index (χ1n) is 3.88. The van der Waals surface area contributed by atoms with Crippen LogP contribution in [0.2, 0.25) is 5.02 Å². The highest BCUT2D eigenvalue weighted by atomic mass is 79.9. The second-order valence-corrected chi connectivity index (χ2v) is 4.63. The van der Waals surface area contributed by atoms with Crippen LogP contribution in [0.25, 0.3) is 0 Å². The Morgan fingerprint density at radius 1 is 1.57 bits per heavy atom. The van der Waals surface area contributed by atoms with Crippen molar-refractivity contribution in [2.45, 2.75) is 11.8 Å². The molecular weight excluding hydrogens is 289 g/mol. The minimum absolute atomic E-state index is 0.397. The second-order valence-electron chi connectivity index (χ2n) is 2.81. The minimum Gasteiger partial charge on any atom is -0.368 e. The van der Waals surface area contributed by atoms with E-state index in [-0.39, 0.29) is 0 Å². The fraction of sp³-hybridized carbons (Fsp3) is 0.222. The molecule has 2 N–H and O–H groups in total. The lowest BCUT2D eigenvalue weighted by Gasteiger charge is -2.07. The number of carbonyl (C=O) groups is 1. The molecule has 0 aliphatic rings. The fourth-order valence-corrected chi connectivity index (χ4v) is 1.99. The third kappa shape index (κ3) is 3.15. The summed E-state index contributed by atoms with van der Waals surface area (Å²) < 4.78 is 0.830. The number of nitrogens with two attached hydrogens (primary N) is 1. The van der Waals surface area contributed by atoms with E-state index in [1.165, 1.54) is 0 Å². The van der Waals surface area contributed by atoms with Crippen molar-refractivity contribution in [2.75, 3.05) is 0 Å². The minimum atomic E-state index is -0.688. The molecule has 0 aliphatic heterocycles. The maximum atomic E-state index is 10.7. The quantitative estimate of drug-likeness (QED) is 0.856. The Kier molecular flexibility index (Phi) is 4.23. The molecule has 1 amide bonds. The average Bonchev–Trinajstić information content (AvgIpc) is 2.09. The van der Waals surface area contributed by atoms with E-state index in [0.717, 1.165) is 10.0 Å². The number of carbonyl (C=O) groups excluding carboxylic acids is 1. The fourth-order valence-electron chi connectivity index (χ4n) is 0.981. The van der Waals surface area contributed by atoms with Crippen LogP contribution in [-0.2, 0) is 11.2 Å². The molecule has 0 aliphatic carbocycles. The summed E-state index contributed by atoms with van der Waals surface area (Å²) in [5.41, 5.74) is 5.96. The van der Waals surface area contributed by atoms with Crippen molar-refractivity contribution in [1.82, 2.24) is 0 Å². The van der Waals surface area contributed by atoms with Gasteiger partial charge in [-0.05, 0) is 24.1 Å². The zero-order chi connectivity index (χ0) is 10.7. The average molecular weight is 297 g/mol. The summed E-state index contributed by atoms with van der Waals surface area (Å²) in [4.78, 5) is 10.7. The molecule has 1 unspecified atom stereocenters. The summed E-state index contributed by atoms with van der Waals surface area (Å²) in [7, 11) is 0. The van der Waals surface area contributed by atoms with Gasteiger partial charge in [0.05, 0.1) is 0 Å². The van der Waals surface area contributed by atoms with Gasteiger partial charge in [0.2, 0.25) is 5.91 Å². The molecule has 2 nitrogen and oxygen atoms in total. The summed E-state index contributed by atoms with van der Waals surface area (Å²) in [6.45, 7) is 0. The summed E-state index contributed by atoms with van der Waals surface area (Å²) in [6, 6.07) is 5.30. The predicted octanol–water partition coefficient (Wildman–Crippen LogP) is 2.74. The van der Waals surface area contributed by atoms with Crippen LogP contribution in [0, 0.1) is 0 Å². The van der Waals surface area contributed by atoms with Gasteiger partial charge in [-0.15, -0.1) is 11.6 Å². The highest BCUT2D eigenvalue weighted by Gasteiger charge is 2.13. The largest absolute Gasteiger partial charge is 0.368 e. The molecular formula is C9H8BrCl2NO. The Labute approximate surface area is 101 Å². The topological polar surface area (TPSA) is 43.1 Å². The molecule has 0 bridgehead atoms. The first-order chi connectivity index (χ1) is 6.50. The lowest BCUT2D eigenvalue weighted by atomic mass is 10.1. The van der Waals surface area contributed by atoms with E-state index in [1.54, 1.807) is 12.1 Å². The van der Waals surface area contributed by atoms with Crippen molar-refractivity contribution in [1.29, 1.82) is 0 Å². The van der Waals surface area contributed by atoms with E-state index in [0.29, 0.717) is 11.4 Å². The number of hydrogen-bond donors (Lipinski definition) is 1. The molecule has 5 heteroatoms. The van der Waals surface area contributed by atoms with E-state index in [2.05, 4.69) is 15.9 Å². The van der Waals surface area contributed by atoms with Crippen molar-refractivity contribution in [2.24, 2.45) is 5.73 Å². The lowest BCUT2D eigenvalue weighted by Crippen LogP contribution is -2.25. The van der Waals surface area contributed by atoms with Gasteiger partial charge < -0.3 is 5.73 Å². The molecule has 0 spiro atoms. The second kappa shape index (κ2) is 5.01. The molecule has 0 radical (unpaired) electrons. The van der Waals surface area contributed by atoms with Gasteiger partial charge in [0.25, 0.3) is 0 Å². The molecule has 0 aromatic heterocycles. The van der Waals surface area contributed by atoms with Crippen LogP contribution < -0.4 is 5.73 Å². The highest BCUT2D eigenvalue weighted by Crippen LogP contribution is 2.23. The summed E-state index contributed by atoms with van der Waals surface area (Å²) in [5.74, 6) is -0.520. The maximum Gasteiger partial charge on any atom is 0.235 e. The predicted molar refractivity (Wildman–Crippen MR) is 61.7 cm³/mol. The Balaban J connectivity index is 2.82. The SMILES string of the molecule is NC(=O)C(Cl)Cc1ccc(Cl)cc1Br. The zero-order valence-electron chi connectivity index (χ0n) is 7.14. The Hall–Kier alpha value is -0.250. The molecule has 76 valence electrons. The van der Waals surface area contributed by atoms with Crippen LogP contribution in [0.15, 0.2) is 22.7 Å². The molecule has 0 heterocycles. The number of halogens is 3. The maximum absolute atomic E-state index is 10.7. The number of primary amides is 1. The van der Waals surface area contributed by atoms with Crippen LogP contribution in [0.3, 0.4) is 0 Å². The Morgan fingerprint density at radius 2 is 2.21 bits per heavy atom. The van der Waals surface area contributed by atoms with Crippen molar-refractivity contribution in [3.8, 4) is 0 Å². The van der Waals surface area contributed by atoms with Gasteiger partial charge in [-0.3, -0.25) is 4.79 Å². The van der Waals surface area contributed by atoms with Crippen LogP contribution in [0.5, 0.6) is 0 Å². The molecule has 1 aromatic rings. The third-order valence-corrected chi connectivity index (χ3v) is 3.07. The smallest absolute Gasteiger partial charge is 0.235 e. The number of rotatable bonds is 3. The molecule has 14 heavy (non-hydrogen) atoms. The molecule has 0 saturated carbocycles. The highest BCUT2D eigenvalue weighted by molar-refractivity contribution is 9.10. The molecule has 1 atom stereocenters. The van der Waals surface area contributed by atoms with E-state index in [4.69, 9.17) is 28.9 Å². The van der Waals surface area contributed by atoms with E-state index in [9.17, 15) is 4.79 Å². The number of benzene rings is 1. The Morgan fingerprint density at radius 3 is 2.71 bits per heavy atom. The molecule has 0 fully saturated rings. The van der Waals surface area contributed by atoms with Crippen molar-refractivity contribution in [3.05, 3.63) is 33.3 Å². The first-order valence-corrected chi connectivity index (χ1v) is 5.48. The van der Waals surface area contributed by atoms with Gasteiger partial charge >= 0.3 is 0 Å². The van der Waals surface area contributed by atoms with Crippen LogP contribution in [-0.4, -0.2) is 11.3 Å². The molecule has 1 aromatic carbocycles. The first kappa shape index (κ1) is 11.8. The number of hydrogen-bond acceptors (Lipinski definition) is 1. The van der Waals surface area contributed by atoms with Gasteiger partial charge in [-0.1, -0.05) is 33.6 Å². The van der Waals surface area contributed by atoms with Gasteiger partial charge in [-0.2, -0.15) is 0 Å².